The van der Waals surface area contributed by atoms with Crippen LogP contribution in [0.1, 0.15) is 38.3 Å². The van der Waals surface area contributed by atoms with Gasteiger partial charge in [-0.25, -0.2) is 4.39 Å². The lowest BCUT2D eigenvalue weighted by molar-refractivity contribution is -0.143. The van der Waals surface area contributed by atoms with E-state index in [9.17, 15) is 14.0 Å². The smallest absolute Gasteiger partial charge is 0.225 e. The molecule has 0 bridgehead atoms. The predicted molar refractivity (Wildman–Crippen MR) is 77.9 cm³/mol. The van der Waals surface area contributed by atoms with Gasteiger partial charge in [0.2, 0.25) is 11.8 Å². The summed E-state index contributed by atoms with van der Waals surface area (Å²) < 4.78 is 14.2. The minimum absolute atomic E-state index is 0.0219. The molecular weight excluding hydrogens is 271 g/mol. The van der Waals surface area contributed by atoms with E-state index >= 15 is 0 Å². The number of benzene rings is 1. The fraction of sp³-hybridized carbons (Fsp3) is 0.500. The number of carbonyl (C=O) groups excluding carboxylic acids is 2. The average molecular weight is 292 g/mol. The first-order valence-electron chi connectivity index (χ1n) is 7.41. The fourth-order valence-corrected chi connectivity index (χ4v) is 3.01. The molecule has 4 nitrogen and oxygen atoms in total. The van der Waals surface area contributed by atoms with Gasteiger partial charge in [-0.15, -0.1) is 0 Å². The summed E-state index contributed by atoms with van der Waals surface area (Å²) in [5.74, 6) is -0.910. The first-order chi connectivity index (χ1) is 10.1. The van der Waals surface area contributed by atoms with Gasteiger partial charge in [-0.05, 0) is 26.3 Å². The zero-order valence-electron chi connectivity index (χ0n) is 12.4. The van der Waals surface area contributed by atoms with Crippen LogP contribution in [-0.2, 0) is 9.59 Å². The van der Waals surface area contributed by atoms with Crippen LogP contribution in [0.15, 0.2) is 24.3 Å². The van der Waals surface area contributed by atoms with Crippen LogP contribution in [0.3, 0.4) is 0 Å². The molecule has 1 aromatic carbocycles. The number of piperidine rings is 1. The summed E-state index contributed by atoms with van der Waals surface area (Å²) in [6, 6.07) is 5.86. The monoisotopic (exact) mass is 292 g/mol. The first-order valence-corrected chi connectivity index (χ1v) is 7.41. The molecule has 0 unspecified atom stereocenters. The molecule has 1 N–H and O–H groups in total. The van der Waals surface area contributed by atoms with Crippen LogP contribution < -0.4 is 5.32 Å². The lowest BCUT2D eigenvalue weighted by Gasteiger charge is -2.40. The summed E-state index contributed by atoms with van der Waals surface area (Å²) >= 11 is 0. The van der Waals surface area contributed by atoms with E-state index in [2.05, 4.69) is 5.32 Å². The van der Waals surface area contributed by atoms with Crippen molar-refractivity contribution in [1.82, 2.24) is 10.2 Å². The largest absolute Gasteiger partial charge is 0.356 e. The number of nitrogens with zero attached hydrogens (tertiary/aromatic N) is 1. The molecular formula is C16H21FN2O2. The van der Waals surface area contributed by atoms with E-state index in [-0.39, 0.29) is 17.6 Å². The molecule has 2 amide bonds. The van der Waals surface area contributed by atoms with E-state index < -0.39 is 12.0 Å². The molecule has 5 heteroatoms. The third-order valence-electron chi connectivity index (χ3n) is 3.96. The molecule has 21 heavy (non-hydrogen) atoms. The maximum atomic E-state index is 14.2. The number of carbonyl (C=O) groups is 2. The first kappa shape index (κ1) is 15.5. The maximum Gasteiger partial charge on any atom is 0.225 e. The van der Waals surface area contributed by atoms with Crippen LogP contribution in [0.5, 0.6) is 0 Å². The van der Waals surface area contributed by atoms with Crippen LogP contribution >= 0.6 is 0 Å². The van der Waals surface area contributed by atoms with E-state index in [0.29, 0.717) is 31.5 Å². The Balaban J connectivity index is 2.42. The molecule has 0 saturated carbocycles. The maximum absolute atomic E-state index is 14.2. The van der Waals surface area contributed by atoms with Crippen LogP contribution in [0, 0.1) is 11.7 Å². The van der Waals surface area contributed by atoms with Crippen LogP contribution in [-0.4, -0.2) is 29.8 Å². The van der Waals surface area contributed by atoms with Crippen molar-refractivity contribution in [2.75, 3.05) is 13.1 Å². The van der Waals surface area contributed by atoms with Crippen molar-refractivity contribution in [1.29, 1.82) is 0 Å². The normalized spacial score (nSPS) is 22.2. The van der Waals surface area contributed by atoms with Gasteiger partial charge in [-0.1, -0.05) is 18.2 Å². The second-order valence-corrected chi connectivity index (χ2v) is 5.19. The Morgan fingerprint density at radius 2 is 2.10 bits per heavy atom. The number of nitrogens with one attached hydrogen (secondary N) is 1. The van der Waals surface area contributed by atoms with Gasteiger partial charge in [0.15, 0.2) is 0 Å². The van der Waals surface area contributed by atoms with Crippen molar-refractivity contribution in [3.05, 3.63) is 35.6 Å². The Hall–Kier alpha value is -1.91. The molecule has 1 aromatic rings. The minimum Gasteiger partial charge on any atom is -0.356 e. The SMILES string of the molecule is CCNC(=O)[C@@H]1CCC(=O)N(CC)[C@H]1c1ccccc1F. The highest BCUT2D eigenvalue weighted by atomic mass is 19.1. The Labute approximate surface area is 124 Å². The number of rotatable bonds is 4. The molecule has 2 rings (SSSR count). The molecule has 1 fully saturated rings. The van der Waals surface area contributed by atoms with Crippen LogP contribution in [0.2, 0.25) is 0 Å². The summed E-state index contributed by atoms with van der Waals surface area (Å²) in [4.78, 5) is 26.0. The van der Waals surface area contributed by atoms with Gasteiger partial charge < -0.3 is 10.2 Å². The molecule has 0 aromatic heterocycles. The Morgan fingerprint density at radius 1 is 1.38 bits per heavy atom. The van der Waals surface area contributed by atoms with Crippen molar-refractivity contribution in [3.8, 4) is 0 Å². The zero-order chi connectivity index (χ0) is 15.4. The summed E-state index contributed by atoms with van der Waals surface area (Å²) in [5.41, 5.74) is 0.420. The molecule has 2 atom stereocenters. The lowest BCUT2D eigenvalue weighted by Crippen LogP contribution is -2.48. The molecule has 0 aliphatic carbocycles. The molecule has 1 heterocycles. The lowest BCUT2D eigenvalue weighted by atomic mass is 9.83. The van der Waals surface area contributed by atoms with E-state index in [1.807, 2.05) is 13.8 Å². The zero-order valence-corrected chi connectivity index (χ0v) is 12.4. The van der Waals surface area contributed by atoms with Crippen LogP contribution in [0.25, 0.3) is 0 Å². The van der Waals surface area contributed by atoms with E-state index in [0.717, 1.165) is 0 Å². The van der Waals surface area contributed by atoms with Crippen molar-refractivity contribution in [2.24, 2.45) is 5.92 Å². The summed E-state index contributed by atoms with van der Waals surface area (Å²) in [6.45, 7) is 4.70. The van der Waals surface area contributed by atoms with Gasteiger partial charge in [0, 0.05) is 25.1 Å². The standard InChI is InChI=1S/C16H21FN2O2/c1-3-18-16(21)12-9-10-14(20)19(4-2)15(12)11-7-5-6-8-13(11)17/h5-8,12,15H,3-4,9-10H2,1-2H3,(H,18,21)/t12-,15+/m1/s1. The molecule has 0 radical (unpaired) electrons. The highest BCUT2D eigenvalue weighted by Crippen LogP contribution is 2.37. The molecule has 1 aliphatic rings. The summed E-state index contributed by atoms with van der Waals surface area (Å²) in [5, 5.41) is 2.79. The Morgan fingerprint density at radius 3 is 2.71 bits per heavy atom. The van der Waals surface area contributed by atoms with Crippen LogP contribution in [0.4, 0.5) is 4.39 Å². The molecule has 114 valence electrons. The van der Waals surface area contributed by atoms with Crippen molar-refractivity contribution in [2.45, 2.75) is 32.7 Å². The van der Waals surface area contributed by atoms with Gasteiger partial charge in [0.05, 0.1) is 12.0 Å². The highest BCUT2D eigenvalue weighted by molar-refractivity contribution is 5.85. The summed E-state index contributed by atoms with van der Waals surface area (Å²) in [6.07, 6.45) is 0.792. The third kappa shape index (κ3) is 3.06. The van der Waals surface area contributed by atoms with Gasteiger partial charge in [-0.3, -0.25) is 9.59 Å². The van der Waals surface area contributed by atoms with Crippen molar-refractivity contribution < 1.29 is 14.0 Å². The van der Waals surface area contributed by atoms with Gasteiger partial charge in [0.25, 0.3) is 0 Å². The number of amides is 2. The highest BCUT2D eigenvalue weighted by Gasteiger charge is 2.40. The van der Waals surface area contributed by atoms with E-state index in [1.54, 1.807) is 23.1 Å². The minimum atomic E-state index is -0.524. The number of hydrogen-bond donors (Lipinski definition) is 1. The Bertz CT molecular complexity index is 533. The fourth-order valence-electron chi connectivity index (χ4n) is 3.01. The van der Waals surface area contributed by atoms with Gasteiger partial charge >= 0.3 is 0 Å². The van der Waals surface area contributed by atoms with E-state index in [4.69, 9.17) is 0 Å². The molecule has 1 aliphatic heterocycles. The number of halogens is 1. The topological polar surface area (TPSA) is 49.4 Å². The van der Waals surface area contributed by atoms with Gasteiger partial charge in [-0.2, -0.15) is 0 Å². The average Bonchev–Trinajstić information content (AvgIpc) is 2.47. The Kier molecular flexibility index (Phi) is 4.94. The van der Waals surface area contributed by atoms with E-state index in [1.165, 1.54) is 6.07 Å². The predicted octanol–water partition coefficient (Wildman–Crippen LogP) is 2.26. The third-order valence-corrected chi connectivity index (χ3v) is 3.96. The van der Waals surface area contributed by atoms with Crippen molar-refractivity contribution in [3.63, 3.8) is 0 Å². The second kappa shape index (κ2) is 6.70. The number of hydrogen-bond acceptors (Lipinski definition) is 2. The number of likely N-dealkylation sites (tertiary alicyclic amines) is 1. The molecule has 0 spiro atoms. The quantitative estimate of drug-likeness (QED) is 0.925. The van der Waals surface area contributed by atoms with Gasteiger partial charge in [0.1, 0.15) is 5.82 Å². The summed E-state index contributed by atoms with van der Waals surface area (Å²) in [7, 11) is 0. The molecule has 1 saturated heterocycles. The second-order valence-electron chi connectivity index (χ2n) is 5.19. The van der Waals surface area contributed by atoms with Crippen molar-refractivity contribution >= 4 is 11.8 Å².